The largest absolute Gasteiger partial charge is 0.295 e. The summed E-state index contributed by atoms with van der Waals surface area (Å²) in [5.41, 5.74) is 3.34. The fraction of sp³-hybridized carbons (Fsp3) is 0.105. The van der Waals surface area contributed by atoms with E-state index in [1.807, 2.05) is 41.1 Å². The number of hydrogen-bond acceptors (Lipinski definition) is 4. The summed E-state index contributed by atoms with van der Waals surface area (Å²) < 4.78 is 27.7. The molecular formula is C19H17NO3S2. The molecule has 0 spiro atoms. The summed E-state index contributed by atoms with van der Waals surface area (Å²) in [4.78, 5) is 11.6. The Morgan fingerprint density at radius 1 is 1.08 bits per heavy atom. The van der Waals surface area contributed by atoms with E-state index in [0.717, 1.165) is 16.7 Å². The molecule has 0 aliphatic rings. The lowest BCUT2D eigenvalue weighted by atomic mass is 10.0. The Morgan fingerprint density at radius 2 is 1.88 bits per heavy atom. The molecule has 1 N–H and O–H groups in total. The summed E-state index contributed by atoms with van der Waals surface area (Å²) in [6.45, 7) is 1.59. The maximum Gasteiger partial charge on any atom is 0.240 e. The standard InChI is InChI=1S/C19H17NO3S2/c1-14(21)15-6-4-7-18(11-15)25(22,23)20-12-16-5-2-3-8-19(16)17-9-10-24-13-17/h2-11,13,20H,12H2,1H3. The van der Waals surface area contributed by atoms with Crippen LogP contribution < -0.4 is 4.72 Å². The number of rotatable bonds is 6. The van der Waals surface area contributed by atoms with Gasteiger partial charge in [0, 0.05) is 12.1 Å². The van der Waals surface area contributed by atoms with Gasteiger partial charge >= 0.3 is 0 Å². The van der Waals surface area contributed by atoms with E-state index in [2.05, 4.69) is 4.72 Å². The Kier molecular flexibility index (Phi) is 5.13. The van der Waals surface area contributed by atoms with Gasteiger partial charge in [0.2, 0.25) is 10.0 Å². The van der Waals surface area contributed by atoms with Crippen LogP contribution >= 0.6 is 11.3 Å². The van der Waals surface area contributed by atoms with E-state index in [0.29, 0.717) is 5.56 Å². The molecule has 0 aliphatic heterocycles. The molecule has 0 saturated heterocycles. The van der Waals surface area contributed by atoms with Crippen LogP contribution in [0.15, 0.2) is 70.3 Å². The third-order valence-electron chi connectivity index (χ3n) is 3.85. The molecule has 3 aromatic rings. The van der Waals surface area contributed by atoms with E-state index in [-0.39, 0.29) is 17.2 Å². The van der Waals surface area contributed by atoms with Crippen molar-refractivity contribution in [3.8, 4) is 11.1 Å². The summed E-state index contributed by atoms with van der Waals surface area (Å²) >= 11 is 1.60. The van der Waals surface area contributed by atoms with Crippen molar-refractivity contribution in [3.63, 3.8) is 0 Å². The number of Topliss-reactive ketones (excluding diaryl/α,β-unsaturated/α-hetero) is 1. The molecule has 0 atom stereocenters. The van der Waals surface area contributed by atoms with Crippen molar-refractivity contribution >= 4 is 27.1 Å². The smallest absolute Gasteiger partial charge is 0.240 e. The van der Waals surface area contributed by atoms with E-state index in [1.54, 1.807) is 23.5 Å². The molecule has 0 fully saturated rings. The fourth-order valence-corrected chi connectivity index (χ4v) is 4.22. The topological polar surface area (TPSA) is 63.2 Å². The van der Waals surface area contributed by atoms with Gasteiger partial charge in [-0.3, -0.25) is 4.79 Å². The zero-order valence-electron chi connectivity index (χ0n) is 13.6. The quantitative estimate of drug-likeness (QED) is 0.664. The molecule has 0 saturated carbocycles. The van der Waals surface area contributed by atoms with Gasteiger partial charge in [-0.15, -0.1) is 0 Å². The molecular weight excluding hydrogens is 354 g/mol. The summed E-state index contributed by atoms with van der Waals surface area (Å²) in [7, 11) is -3.70. The summed E-state index contributed by atoms with van der Waals surface area (Å²) in [6.07, 6.45) is 0. The van der Waals surface area contributed by atoms with E-state index in [9.17, 15) is 13.2 Å². The van der Waals surface area contributed by atoms with Gasteiger partial charge in [-0.25, -0.2) is 13.1 Å². The lowest BCUT2D eigenvalue weighted by molar-refractivity contribution is 0.101. The number of carbonyl (C=O) groups is 1. The minimum Gasteiger partial charge on any atom is -0.295 e. The molecule has 0 amide bonds. The van der Waals surface area contributed by atoms with E-state index in [1.165, 1.54) is 19.1 Å². The zero-order valence-corrected chi connectivity index (χ0v) is 15.2. The Morgan fingerprint density at radius 3 is 2.60 bits per heavy atom. The lowest BCUT2D eigenvalue weighted by Crippen LogP contribution is -2.23. The predicted octanol–water partition coefficient (Wildman–Crippen LogP) is 4.10. The first-order valence-corrected chi connectivity index (χ1v) is 10.1. The first-order valence-electron chi connectivity index (χ1n) is 7.68. The summed E-state index contributed by atoms with van der Waals surface area (Å²) in [6, 6.07) is 15.8. The van der Waals surface area contributed by atoms with Crippen molar-refractivity contribution < 1.29 is 13.2 Å². The third-order valence-corrected chi connectivity index (χ3v) is 5.94. The van der Waals surface area contributed by atoms with Crippen LogP contribution in [0.2, 0.25) is 0 Å². The van der Waals surface area contributed by atoms with Crippen molar-refractivity contribution in [2.75, 3.05) is 0 Å². The molecule has 1 heterocycles. The Bertz CT molecular complexity index is 993. The molecule has 4 nitrogen and oxygen atoms in total. The average Bonchev–Trinajstić information content (AvgIpc) is 3.15. The summed E-state index contributed by atoms with van der Waals surface area (Å²) in [5.74, 6) is -0.167. The molecule has 128 valence electrons. The first kappa shape index (κ1) is 17.5. The number of carbonyl (C=O) groups excluding carboxylic acids is 1. The molecule has 3 rings (SSSR count). The highest BCUT2D eigenvalue weighted by atomic mass is 32.2. The minimum atomic E-state index is -3.70. The maximum atomic E-state index is 12.6. The van der Waals surface area contributed by atoms with Crippen LogP contribution in [0.1, 0.15) is 22.8 Å². The monoisotopic (exact) mass is 371 g/mol. The Labute approximate surface area is 151 Å². The average molecular weight is 371 g/mol. The molecule has 0 unspecified atom stereocenters. The second-order valence-electron chi connectivity index (χ2n) is 5.58. The van der Waals surface area contributed by atoms with Gasteiger partial charge in [0.05, 0.1) is 4.90 Å². The number of hydrogen-bond donors (Lipinski definition) is 1. The third kappa shape index (κ3) is 4.04. The van der Waals surface area contributed by atoms with Gasteiger partial charge < -0.3 is 0 Å². The van der Waals surface area contributed by atoms with Crippen molar-refractivity contribution in [1.29, 1.82) is 0 Å². The highest BCUT2D eigenvalue weighted by Crippen LogP contribution is 2.26. The highest BCUT2D eigenvalue weighted by Gasteiger charge is 2.16. The summed E-state index contributed by atoms with van der Waals surface area (Å²) in [5, 5.41) is 4.02. The zero-order chi connectivity index (χ0) is 17.9. The molecule has 6 heteroatoms. The van der Waals surface area contributed by atoms with Gasteiger partial charge in [0.25, 0.3) is 0 Å². The fourth-order valence-electron chi connectivity index (χ4n) is 2.51. The van der Waals surface area contributed by atoms with Crippen molar-refractivity contribution in [1.82, 2.24) is 4.72 Å². The van der Waals surface area contributed by atoms with Crippen LogP contribution in [0.4, 0.5) is 0 Å². The van der Waals surface area contributed by atoms with E-state index >= 15 is 0 Å². The molecule has 2 aromatic carbocycles. The van der Waals surface area contributed by atoms with E-state index in [4.69, 9.17) is 0 Å². The van der Waals surface area contributed by atoms with Gasteiger partial charge in [-0.1, -0.05) is 36.4 Å². The van der Waals surface area contributed by atoms with Crippen LogP contribution in [0.5, 0.6) is 0 Å². The minimum absolute atomic E-state index is 0.0909. The Balaban J connectivity index is 1.84. The normalized spacial score (nSPS) is 11.4. The number of benzene rings is 2. The number of sulfonamides is 1. The number of thiophene rings is 1. The molecule has 0 radical (unpaired) electrons. The van der Waals surface area contributed by atoms with Crippen LogP contribution in [-0.2, 0) is 16.6 Å². The van der Waals surface area contributed by atoms with Gasteiger partial charge in [-0.05, 0) is 52.6 Å². The SMILES string of the molecule is CC(=O)c1cccc(S(=O)(=O)NCc2ccccc2-c2ccsc2)c1. The van der Waals surface area contributed by atoms with Crippen molar-refractivity contribution in [2.45, 2.75) is 18.4 Å². The van der Waals surface area contributed by atoms with Gasteiger partial charge in [-0.2, -0.15) is 11.3 Å². The molecule has 0 aliphatic carbocycles. The molecule has 1 aromatic heterocycles. The van der Waals surface area contributed by atoms with Crippen LogP contribution in [-0.4, -0.2) is 14.2 Å². The second-order valence-corrected chi connectivity index (χ2v) is 8.12. The number of ketones is 1. The molecule has 0 bridgehead atoms. The maximum absolute atomic E-state index is 12.6. The van der Waals surface area contributed by atoms with Crippen molar-refractivity contribution in [3.05, 3.63) is 76.5 Å². The van der Waals surface area contributed by atoms with Crippen LogP contribution in [0.25, 0.3) is 11.1 Å². The second kappa shape index (κ2) is 7.31. The predicted molar refractivity (Wildman–Crippen MR) is 100 cm³/mol. The molecule has 25 heavy (non-hydrogen) atoms. The van der Waals surface area contributed by atoms with E-state index < -0.39 is 10.0 Å². The first-order chi connectivity index (χ1) is 12.0. The van der Waals surface area contributed by atoms with Crippen molar-refractivity contribution in [2.24, 2.45) is 0 Å². The lowest BCUT2D eigenvalue weighted by Gasteiger charge is -2.11. The number of nitrogens with one attached hydrogen (secondary N) is 1. The van der Waals surface area contributed by atoms with Crippen LogP contribution in [0.3, 0.4) is 0 Å². The Hall–Kier alpha value is -2.28. The van der Waals surface area contributed by atoms with Gasteiger partial charge in [0.15, 0.2) is 5.78 Å². The highest BCUT2D eigenvalue weighted by molar-refractivity contribution is 7.89. The van der Waals surface area contributed by atoms with Crippen LogP contribution in [0, 0.1) is 0 Å². The van der Waals surface area contributed by atoms with Gasteiger partial charge in [0.1, 0.15) is 0 Å².